The lowest BCUT2D eigenvalue weighted by Crippen LogP contribution is -2.49. The van der Waals surface area contributed by atoms with E-state index in [4.69, 9.17) is 14.7 Å². The van der Waals surface area contributed by atoms with E-state index < -0.39 is 0 Å². The van der Waals surface area contributed by atoms with Gasteiger partial charge in [-0.05, 0) is 25.0 Å². The fourth-order valence-electron chi connectivity index (χ4n) is 4.31. The van der Waals surface area contributed by atoms with Crippen LogP contribution in [-0.2, 0) is 0 Å². The summed E-state index contributed by atoms with van der Waals surface area (Å²) in [5, 5.41) is 0. The first-order valence-electron chi connectivity index (χ1n) is 11.1. The smallest absolute Gasteiger partial charge is 0.257 e. The number of nitrogens with zero attached hydrogens (tertiary/aromatic N) is 4. The minimum absolute atomic E-state index is 0.00928. The Kier molecular flexibility index (Phi) is 6.40. The molecule has 1 amide bonds. The predicted molar refractivity (Wildman–Crippen MR) is 127 cm³/mol. The molecule has 1 saturated heterocycles. The number of amides is 1. The van der Waals surface area contributed by atoms with Crippen LogP contribution in [0.25, 0.3) is 11.4 Å². The van der Waals surface area contributed by atoms with E-state index in [2.05, 4.69) is 25.7 Å². The summed E-state index contributed by atoms with van der Waals surface area (Å²) in [5.41, 5.74) is 3.80. The zero-order valence-corrected chi connectivity index (χ0v) is 19.2. The second kappa shape index (κ2) is 9.39. The van der Waals surface area contributed by atoms with E-state index in [0.717, 1.165) is 36.0 Å². The van der Waals surface area contributed by atoms with Gasteiger partial charge in [0.05, 0.1) is 12.7 Å². The van der Waals surface area contributed by atoms with Gasteiger partial charge >= 0.3 is 0 Å². The highest BCUT2D eigenvalue weighted by Crippen LogP contribution is 2.31. The van der Waals surface area contributed by atoms with E-state index in [-0.39, 0.29) is 5.91 Å². The van der Waals surface area contributed by atoms with Gasteiger partial charge in [0, 0.05) is 43.0 Å². The van der Waals surface area contributed by atoms with Crippen molar-refractivity contribution >= 4 is 11.7 Å². The Bertz CT molecular complexity index is 1090. The molecule has 0 saturated carbocycles. The lowest BCUT2D eigenvalue weighted by Gasteiger charge is -2.37. The highest BCUT2D eigenvalue weighted by Gasteiger charge is 2.27. The summed E-state index contributed by atoms with van der Waals surface area (Å²) >= 11 is 0. The van der Waals surface area contributed by atoms with Crippen molar-refractivity contribution < 1.29 is 9.53 Å². The molecule has 6 nitrogen and oxygen atoms in total. The molecule has 0 atom stereocenters. The number of carbonyl (C=O) groups excluding carboxylic acids is 1. The summed E-state index contributed by atoms with van der Waals surface area (Å²) in [6.07, 6.45) is 0. The quantitative estimate of drug-likeness (QED) is 0.595. The predicted octanol–water partition coefficient (Wildman–Crippen LogP) is 4.55. The lowest BCUT2D eigenvalue weighted by atomic mass is 10.0. The van der Waals surface area contributed by atoms with Gasteiger partial charge in [-0.25, -0.2) is 9.97 Å². The first kappa shape index (κ1) is 21.8. The number of para-hydroxylation sites is 1. The normalized spacial score (nSPS) is 14.0. The van der Waals surface area contributed by atoms with Crippen molar-refractivity contribution in [3.63, 3.8) is 0 Å². The van der Waals surface area contributed by atoms with Crippen molar-refractivity contribution in [2.24, 2.45) is 0 Å². The number of piperazine rings is 1. The molecule has 0 unspecified atom stereocenters. The third kappa shape index (κ3) is 4.31. The molecule has 1 aliphatic heterocycles. The molecule has 0 radical (unpaired) electrons. The molecule has 0 aliphatic carbocycles. The Morgan fingerprint density at radius 3 is 2.25 bits per heavy atom. The molecule has 0 bridgehead atoms. The topological polar surface area (TPSA) is 58.6 Å². The minimum atomic E-state index is 0.00928. The van der Waals surface area contributed by atoms with Gasteiger partial charge in [0.2, 0.25) is 0 Å². The van der Waals surface area contributed by atoms with Gasteiger partial charge in [0.25, 0.3) is 5.91 Å². The first-order chi connectivity index (χ1) is 15.5. The van der Waals surface area contributed by atoms with Crippen LogP contribution in [0.1, 0.15) is 41.4 Å². The number of ether oxygens (including phenoxy) is 1. The van der Waals surface area contributed by atoms with E-state index in [9.17, 15) is 4.79 Å². The fourth-order valence-corrected chi connectivity index (χ4v) is 4.31. The summed E-state index contributed by atoms with van der Waals surface area (Å²) in [6, 6.07) is 17.5. The number of anilines is 1. The molecule has 1 aromatic heterocycles. The number of carbonyl (C=O) groups is 1. The van der Waals surface area contributed by atoms with Crippen molar-refractivity contribution in [2.75, 3.05) is 38.2 Å². The molecule has 3 aromatic rings. The summed E-state index contributed by atoms with van der Waals surface area (Å²) < 4.78 is 5.38. The van der Waals surface area contributed by atoms with Crippen LogP contribution in [0.3, 0.4) is 0 Å². The molecular formula is C26H30N4O2. The Morgan fingerprint density at radius 1 is 0.938 bits per heavy atom. The van der Waals surface area contributed by atoms with Crippen LogP contribution in [0, 0.1) is 6.92 Å². The summed E-state index contributed by atoms with van der Waals surface area (Å²) in [7, 11) is 1.60. The fraction of sp³-hybridized carbons (Fsp3) is 0.346. The number of rotatable bonds is 5. The number of aryl methyl sites for hydroxylation is 1. The molecule has 1 aliphatic rings. The second-order valence-electron chi connectivity index (χ2n) is 8.37. The number of aromatic nitrogens is 2. The van der Waals surface area contributed by atoms with Crippen LogP contribution in [0.15, 0.2) is 54.6 Å². The highest BCUT2D eigenvalue weighted by molar-refractivity contribution is 5.97. The first-order valence-corrected chi connectivity index (χ1v) is 11.1. The van der Waals surface area contributed by atoms with Crippen molar-refractivity contribution in [2.45, 2.75) is 26.7 Å². The van der Waals surface area contributed by atoms with Gasteiger partial charge in [0.1, 0.15) is 11.6 Å². The molecule has 2 heterocycles. The monoisotopic (exact) mass is 430 g/mol. The van der Waals surface area contributed by atoms with Gasteiger partial charge in [-0.2, -0.15) is 0 Å². The average Bonchev–Trinajstić information content (AvgIpc) is 2.83. The zero-order valence-electron chi connectivity index (χ0n) is 19.2. The van der Waals surface area contributed by atoms with Crippen LogP contribution < -0.4 is 9.64 Å². The van der Waals surface area contributed by atoms with Gasteiger partial charge in [-0.1, -0.05) is 56.3 Å². The molecule has 4 rings (SSSR count). The lowest BCUT2D eigenvalue weighted by molar-refractivity contribution is 0.0743. The largest absolute Gasteiger partial charge is 0.496 e. The number of methoxy groups -OCH3 is 1. The highest BCUT2D eigenvalue weighted by atomic mass is 16.5. The molecule has 0 N–H and O–H groups in total. The van der Waals surface area contributed by atoms with Gasteiger partial charge < -0.3 is 14.5 Å². The molecule has 6 heteroatoms. The molecule has 166 valence electrons. The van der Waals surface area contributed by atoms with Crippen LogP contribution in [-0.4, -0.2) is 54.1 Å². The van der Waals surface area contributed by atoms with E-state index in [1.54, 1.807) is 7.11 Å². The zero-order chi connectivity index (χ0) is 22.7. The van der Waals surface area contributed by atoms with Gasteiger partial charge in [0.15, 0.2) is 5.82 Å². The third-order valence-electron chi connectivity index (χ3n) is 5.93. The third-order valence-corrected chi connectivity index (χ3v) is 5.93. The summed E-state index contributed by atoms with van der Waals surface area (Å²) in [5.74, 6) is 2.66. The molecule has 2 aromatic carbocycles. The minimum Gasteiger partial charge on any atom is -0.496 e. The Labute approximate surface area is 189 Å². The van der Waals surface area contributed by atoms with Crippen molar-refractivity contribution in [1.29, 1.82) is 0 Å². The van der Waals surface area contributed by atoms with Crippen molar-refractivity contribution in [1.82, 2.24) is 14.9 Å². The van der Waals surface area contributed by atoms with Crippen LogP contribution >= 0.6 is 0 Å². The maximum atomic E-state index is 13.1. The Morgan fingerprint density at radius 2 is 1.59 bits per heavy atom. The van der Waals surface area contributed by atoms with Crippen molar-refractivity contribution in [3.05, 3.63) is 71.4 Å². The maximum absolute atomic E-state index is 13.1. The summed E-state index contributed by atoms with van der Waals surface area (Å²) in [4.78, 5) is 27.1. The van der Waals surface area contributed by atoms with E-state index in [0.29, 0.717) is 30.3 Å². The van der Waals surface area contributed by atoms with E-state index in [1.165, 1.54) is 5.56 Å². The average molecular weight is 431 g/mol. The van der Waals surface area contributed by atoms with Gasteiger partial charge in [-0.15, -0.1) is 0 Å². The molecule has 0 spiro atoms. The maximum Gasteiger partial charge on any atom is 0.257 e. The summed E-state index contributed by atoms with van der Waals surface area (Å²) in [6.45, 7) is 9.15. The van der Waals surface area contributed by atoms with Gasteiger partial charge in [-0.3, -0.25) is 4.79 Å². The molecule has 32 heavy (non-hydrogen) atoms. The van der Waals surface area contributed by atoms with Crippen LogP contribution in [0.4, 0.5) is 5.82 Å². The van der Waals surface area contributed by atoms with Crippen LogP contribution in [0.2, 0.25) is 0 Å². The van der Waals surface area contributed by atoms with Crippen molar-refractivity contribution in [3.8, 4) is 17.1 Å². The number of benzene rings is 2. The number of hydrogen-bond donors (Lipinski definition) is 0. The Hall–Kier alpha value is -3.41. The van der Waals surface area contributed by atoms with E-state index in [1.807, 2.05) is 59.5 Å². The molecule has 1 fully saturated rings. The second-order valence-corrected chi connectivity index (χ2v) is 8.37. The standard InChI is InChI=1S/C26H30N4O2/c1-18(2)23-19(3)27-24(20-10-6-5-7-11-20)28-25(23)29-14-16-30(17-15-29)26(31)21-12-8-9-13-22(21)32-4/h5-13,18H,14-17H2,1-4H3. The number of hydrogen-bond acceptors (Lipinski definition) is 5. The van der Waals surface area contributed by atoms with Crippen LogP contribution in [0.5, 0.6) is 5.75 Å². The Balaban J connectivity index is 1.59. The van der Waals surface area contributed by atoms with E-state index >= 15 is 0 Å². The molecular weight excluding hydrogens is 400 g/mol. The SMILES string of the molecule is COc1ccccc1C(=O)N1CCN(c2nc(-c3ccccc3)nc(C)c2C(C)C)CC1.